The molecule has 1 N–H and O–H groups in total. The van der Waals surface area contributed by atoms with Crippen molar-refractivity contribution in [1.29, 1.82) is 0 Å². The molecular formula is C29H38F2N2O2. The Morgan fingerprint density at radius 1 is 1.09 bits per heavy atom. The zero-order valence-electron chi connectivity index (χ0n) is 21.2. The molecule has 1 fully saturated rings. The Morgan fingerprint density at radius 3 is 2.43 bits per heavy atom. The number of hydrogen-bond donors (Lipinski definition) is 1. The second kappa shape index (κ2) is 12.8. The molecule has 2 amide bonds. The molecule has 4 nitrogen and oxygen atoms in total. The number of carbonyl (C=O) groups excluding carboxylic acids is 2. The van der Waals surface area contributed by atoms with Crippen molar-refractivity contribution < 1.29 is 18.4 Å². The zero-order valence-corrected chi connectivity index (χ0v) is 21.2. The molecular weight excluding hydrogens is 446 g/mol. The van der Waals surface area contributed by atoms with Crippen LogP contribution in [0.4, 0.5) is 8.78 Å². The normalized spacial score (nSPS) is 16.1. The molecule has 190 valence electrons. The molecule has 0 aliphatic carbocycles. The molecule has 1 aliphatic rings. The van der Waals surface area contributed by atoms with Gasteiger partial charge in [-0.2, -0.15) is 0 Å². The SMILES string of the molecule is CCCC[C@H](Cc1ccc(F)cc1F)C(=O)N1CCC(c2ccccc2[C@H](CC)NC(C)=O)CC1. The van der Waals surface area contributed by atoms with E-state index in [9.17, 15) is 18.4 Å². The summed E-state index contributed by atoms with van der Waals surface area (Å²) in [5.41, 5.74) is 2.80. The predicted molar refractivity (Wildman–Crippen MR) is 135 cm³/mol. The summed E-state index contributed by atoms with van der Waals surface area (Å²) < 4.78 is 27.6. The Bertz CT molecular complexity index is 1000. The molecule has 1 heterocycles. The van der Waals surface area contributed by atoms with Gasteiger partial charge >= 0.3 is 0 Å². The van der Waals surface area contributed by atoms with E-state index in [2.05, 4.69) is 31.3 Å². The van der Waals surface area contributed by atoms with E-state index in [1.807, 2.05) is 17.0 Å². The Kier molecular flexibility index (Phi) is 9.82. The lowest BCUT2D eigenvalue weighted by Crippen LogP contribution is -2.42. The number of piperidine rings is 1. The largest absolute Gasteiger partial charge is 0.350 e. The highest BCUT2D eigenvalue weighted by Gasteiger charge is 2.30. The first-order chi connectivity index (χ1) is 16.8. The maximum atomic E-state index is 14.3. The van der Waals surface area contributed by atoms with E-state index in [-0.39, 0.29) is 23.8 Å². The number of likely N-dealkylation sites (tertiary alicyclic amines) is 1. The highest BCUT2D eigenvalue weighted by molar-refractivity contribution is 5.79. The Morgan fingerprint density at radius 2 is 1.80 bits per heavy atom. The Labute approximate surface area is 208 Å². The quantitative estimate of drug-likeness (QED) is 0.430. The van der Waals surface area contributed by atoms with E-state index in [0.29, 0.717) is 37.4 Å². The third kappa shape index (κ3) is 7.12. The van der Waals surface area contributed by atoms with Gasteiger partial charge in [-0.25, -0.2) is 8.78 Å². The number of rotatable bonds is 10. The van der Waals surface area contributed by atoms with Crippen molar-refractivity contribution in [3.8, 4) is 0 Å². The summed E-state index contributed by atoms with van der Waals surface area (Å²) >= 11 is 0. The van der Waals surface area contributed by atoms with Crippen LogP contribution >= 0.6 is 0 Å². The van der Waals surface area contributed by atoms with Gasteiger partial charge in [0.1, 0.15) is 11.6 Å². The van der Waals surface area contributed by atoms with Gasteiger partial charge in [0.2, 0.25) is 11.8 Å². The molecule has 0 unspecified atom stereocenters. The van der Waals surface area contributed by atoms with Crippen LogP contribution in [0.3, 0.4) is 0 Å². The maximum absolute atomic E-state index is 14.3. The van der Waals surface area contributed by atoms with Crippen LogP contribution < -0.4 is 5.32 Å². The molecule has 0 bridgehead atoms. The van der Waals surface area contributed by atoms with Crippen molar-refractivity contribution in [3.63, 3.8) is 0 Å². The number of nitrogens with zero attached hydrogens (tertiary/aromatic N) is 1. The molecule has 35 heavy (non-hydrogen) atoms. The first-order valence-corrected chi connectivity index (χ1v) is 12.9. The number of unbranched alkanes of at least 4 members (excludes halogenated alkanes) is 1. The van der Waals surface area contributed by atoms with Crippen molar-refractivity contribution in [2.75, 3.05) is 13.1 Å². The summed E-state index contributed by atoms with van der Waals surface area (Å²) in [7, 11) is 0. The number of benzene rings is 2. The van der Waals surface area contributed by atoms with E-state index < -0.39 is 11.6 Å². The second-order valence-electron chi connectivity index (χ2n) is 9.67. The second-order valence-corrected chi connectivity index (χ2v) is 9.67. The standard InChI is InChI=1S/C29H38F2N2O2/c1-4-6-9-23(18-22-12-13-24(30)19-27(22)31)29(35)33-16-14-21(15-17-33)25-10-7-8-11-26(25)28(5-2)32-20(3)34/h7-8,10-13,19,21,23,28H,4-6,9,14-18H2,1-3H3,(H,32,34)/t23-,28+/m1/s1. The average Bonchev–Trinajstić information content (AvgIpc) is 2.86. The molecule has 0 radical (unpaired) electrons. The monoisotopic (exact) mass is 484 g/mol. The summed E-state index contributed by atoms with van der Waals surface area (Å²) in [6, 6.07) is 11.9. The van der Waals surface area contributed by atoms with E-state index in [4.69, 9.17) is 0 Å². The summed E-state index contributed by atoms with van der Waals surface area (Å²) in [6.07, 6.45) is 5.36. The van der Waals surface area contributed by atoms with Gasteiger partial charge in [0.25, 0.3) is 0 Å². The summed E-state index contributed by atoms with van der Waals surface area (Å²) in [4.78, 5) is 27.1. The molecule has 1 saturated heterocycles. The van der Waals surface area contributed by atoms with Crippen LogP contribution in [0.25, 0.3) is 0 Å². The highest BCUT2D eigenvalue weighted by Crippen LogP contribution is 2.34. The van der Waals surface area contributed by atoms with Crippen molar-refractivity contribution in [3.05, 3.63) is 70.8 Å². The summed E-state index contributed by atoms with van der Waals surface area (Å²) in [5, 5.41) is 3.06. The molecule has 0 spiro atoms. The van der Waals surface area contributed by atoms with Crippen LogP contribution in [0, 0.1) is 17.6 Å². The fraction of sp³-hybridized carbons (Fsp3) is 0.517. The molecule has 0 aromatic heterocycles. The van der Waals surface area contributed by atoms with Crippen LogP contribution in [-0.2, 0) is 16.0 Å². The van der Waals surface area contributed by atoms with E-state index >= 15 is 0 Å². The van der Waals surface area contributed by atoms with Crippen molar-refractivity contribution in [2.45, 2.75) is 77.7 Å². The van der Waals surface area contributed by atoms with Crippen LogP contribution in [0.2, 0.25) is 0 Å². The summed E-state index contributed by atoms with van der Waals surface area (Å²) in [5.74, 6) is -1.14. The van der Waals surface area contributed by atoms with Gasteiger partial charge in [0, 0.05) is 32.0 Å². The average molecular weight is 485 g/mol. The molecule has 0 saturated carbocycles. The molecule has 2 aromatic rings. The van der Waals surface area contributed by atoms with E-state index in [1.165, 1.54) is 17.7 Å². The number of amides is 2. The van der Waals surface area contributed by atoms with Crippen LogP contribution in [-0.4, -0.2) is 29.8 Å². The van der Waals surface area contributed by atoms with Crippen molar-refractivity contribution in [1.82, 2.24) is 10.2 Å². The minimum atomic E-state index is -0.603. The number of hydrogen-bond acceptors (Lipinski definition) is 2. The maximum Gasteiger partial charge on any atom is 0.226 e. The smallest absolute Gasteiger partial charge is 0.226 e. The van der Waals surface area contributed by atoms with E-state index in [1.54, 1.807) is 6.92 Å². The lowest BCUT2D eigenvalue weighted by molar-refractivity contribution is -0.137. The Balaban J connectivity index is 1.70. The predicted octanol–water partition coefficient (Wildman–Crippen LogP) is 6.31. The van der Waals surface area contributed by atoms with Crippen LogP contribution in [0.5, 0.6) is 0 Å². The third-order valence-corrected chi connectivity index (χ3v) is 7.14. The molecule has 6 heteroatoms. The highest BCUT2D eigenvalue weighted by atomic mass is 19.1. The third-order valence-electron chi connectivity index (χ3n) is 7.14. The molecule has 2 aromatic carbocycles. The lowest BCUT2D eigenvalue weighted by atomic mass is 9.83. The summed E-state index contributed by atoms with van der Waals surface area (Å²) in [6.45, 7) is 7.00. The minimum absolute atomic E-state index is 0.0209. The van der Waals surface area contributed by atoms with Crippen LogP contribution in [0.1, 0.15) is 87.9 Å². The van der Waals surface area contributed by atoms with Crippen molar-refractivity contribution in [2.24, 2.45) is 5.92 Å². The molecule has 2 atom stereocenters. The van der Waals surface area contributed by atoms with Gasteiger partial charge in [0.05, 0.1) is 6.04 Å². The lowest BCUT2D eigenvalue weighted by Gasteiger charge is -2.36. The van der Waals surface area contributed by atoms with Crippen LogP contribution in [0.15, 0.2) is 42.5 Å². The fourth-order valence-electron chi connectivity index (χ4n) is 5.23. The molecule has 3 rings (SSSR count). The van der Waals surface area contributed by atoms with Gasteiger partial charge in [-0.3, -0.25) is 9.59 Å². The van der Waals surface area contributed by atoms with Gasteiger partial charge < -0.3 is 10.2 Å². The topological polar surface area (TPSA) is 49.4 Å². The Hall–Kier alpha value is -2.76. The zero-order chi connectivity index (χ0) is 25.4. The fourth-order valence-corrected chi connectivity index (χ4v) is 5.23. The minimum Gasteiger partial charge on any atom is -0.350 e. The number of carbonyl (C=O) groups is 2. The number of halogens is 2. The van der Waals surface area contributed by atoms with Gasteiger partial charge in [-0.15, -0.1) is 0 Å². The first kappa shape index (κ1) is 26.8. The van der Waals surface area contributed by atoms with Gasteiger partial charge in [-0.05, 0) is 60.8 Å². The first-order valence-electron chi connectivity index (χ1n) is 12.9. The van der Waals surface area contributed by atoms with Gasteiger partial charge in [0.15, 0.2) is 0 Å². The molecule has 1 aliphatic heterocycles. The van der Waals surface area contributed by atoms with E-state index in [0.717, 1.165) is 43.7 Å². The number of nitrogens with one attached hydrogen (secondary N) is 1. The van der Waals surface area contributed by atoms with Gasteiger partial charge in [-0.1, -0.05) is 57.0 Å². The van der Waals surface area contributed by atoms with Crippen molar-refractivity contribution >= 4 is 11.8 Å².